The molecule has 3 aromatic heterocycles. The molecule has 0 bridgehead atoms. The zero-order valence-corrected chi connectivity index (χ0v) is 16.8. The van der Waals surface area contributed by atoms with E-state index in [2.05, 4.69) is 25.3 Å². The van der Waals surface area contributed by atoms with Gasteiger partial charge in [-0.1, -0.05) is 6.07 Å². The van der Waals surface area contributed by atoms with Crippen LogP contribution in [-0.2, 0) is 7.05 Å². The number of hydrogen-bond donors (Lipinski definition) is 2. The highest BCUT2D eigenvalue weighted by Gasteiger charge is 2.12. The van der Waals surface area contributed by atoms with Crippen LogP contribution in [0.25, 0.3) is 22.2 Å². The number of nitrogens with two attached hydrogens (primary N) is 1. The van der Waals surface area contributed by atoms with Crippen molar-refractivity contribution in [3.05, 3.63) is 59.1 Å². The predicted molar refractivity (Wildman–Crippen MR) is 115 cm³/mol. The largest absolute Gasteiger partial charge is 0.439 e. The molecule has 0 aliphatic rings. The lowest BCUT2D eigenvalue weighted by Crippen LogP contribution is -2.25. The summed E-state index contributed by atoms with van der Waals surface area (Å²) in [7, 11) is 1.69. The standard InChI is InChI=1S/C21H21N7O2/c1-12(2)25-21-24-11-15(19(29)28(21)3)17-6-4-13-10-14(5-7-16(13)26-17)30-18-8-9-23-20(22)27-18/h4-12H,1-3H3,(H,24,25)(H2,22,23,27). The average molecular weight is 403 g/mol. The first-order chi connectivity index (χ1) is 14.4. The van der Waals surface area contributed by atoms with Crippen molar-refractivity contribution >= 4 is 22.8 Å². The lowest BCUT2D eigenvalue weighted by molar-refractivity contribution is 0.463. The molecule has 4 aromatic rings. The lowest BCUT2D eigenvalue weighted by atomic mass is 10.1. The van der Waals surface area contributed by atoms with Crippen molar-refractivity contribution in [1.29, 1.82) is 0 Å². The van der Waals surface area contributed by atoms with Crippen molar-refractivity contribution in [3.8, 4) is 22.9 Å². The van der Waals surface area contributed by atoms with Gasteiger partial charge in [-0.3, -0.25) is 9.36 Å². The van der Waals surface area contributed by atoms with Crippen LogP contribution in [0.3, 0.4) is 0 Å². The van der Waals surface area contributed by atoms with Crippen LogP contribution in [0.2, 0.25) is 0 Å². The summed E-state index contributed by atoms with van der Waals surface area (Å²) in [5, 5.41) is 4.01. The summed E-state index contributed by atoms with van der Waals surface area (Å²) in [6.45, 7) is 3.98. The van der Waals surface area contributed by atoms with E-state index in [0.717, 1.165) is 10.9 Å². The van der Waals surface area contributed by atoms with Crippen molar-refractivity contribution < 1.29 is 4.74 Å². The van der Waals surface area contributed by atoms with Crippen LogP contribution < -0.4 is 21.3 Å². The molecule has 30 heavy (non-hydrogen) atoms. The van der Waals surface area contributed by atoms with Gasteiger partial charge in [0.1, 0.15) is 5.75 Å². The average Bonchev–Trinajstić information content (AvgIpc) is 2.71. The minimum absolute atomic E-state index is 0.143. The summed E-state index contributed by atoms with van der Waals surface area (Å²) in [6, 6.07) is 10.9. The van der Waals surface area contributed by atoms with Gasteiger partial charge in [0.25, 0.3) is 5.56 Å². The third kappa shape index (κ3) is 3.90. The molecule has 0 atom stereocenters. The molecule has 0 radical (unpaired) electrons. The second-order valence-electron chi connectivity index (χ2n) is 7.06. The van der Waals surface area contributed by atoms with Crippen LogP contribution in [-0.4, -0.2) is 30.5 Å². The molecule has 152 valence electrons. The summed E-state index contributed by atoms with van der Waals surface area (Å²) in [5.74, 6) is 1.61. The van der Waals surface area contributed by atoms with Crippen molar-refractivity contribution in [3.63, 3.8) is 0 Å². The summed E-state index contributed by atoms with van der Waals surface area (Å²) in [6.07, 6.45) is 3.08. The molecule has 0 spiro atoms. The molecule has 0 amide bonds. The smallest absolute Gasteiger partial charge is 0.264 e. The van der Waals surface area contributed by atoms with E-state index in [1.807, 2.05) is 32.0 Å². The van der Waals surface area contributed by atoms with E-state index < -0.39 is 0 Å². The van der Waals surface area contributed by atoms with Crippen LogP contribution in [0.1, 0.15) is 13.8 Å². The second kappa shape index (κ2) is 7.78. The van der Waals surface area contributed by atoms with Gasteiger partial charge in [-0.05, 0) is 38.1 Å². The first kappa shape index (κ1) is 19.3. The highest BCUT2D eigenvalue weighted by molar-refractivity contribution is 5.82. The van der Waals surface area contributed by atoms with E-state index in [1.165, 1.54) is 10.8 Å². The molecule has 0 fully saturated rings. The Morgan fingerprint density at radius 3 is 2.70 bits per heavy atom. The van der Waals surface area contributed by atoms with Crippen molar-refractivity contribution in [2.45, 2.75) is 19.9 Å². The van der Waals surface area contributed by atoms with Crippen LogP contribution in [0.4, 0.5) is 11.9 Å². The summed E-state index contributed by atoms with van der Waals surface area (Å²) < 4.78 is 7.22. The highest BCUT2D eigenvalue weighted by atomic mass is 16.5. The molecular weight excluding hydrogens is 382 g/mol. The molecule has 0 saturated carbocycles. The first-order valence-corrected chi connectivity index (χ1v) is 9.41. The van der Waals surface area contributed by atoms with Crippen LogP contribution in [0.5, 0.6) is 11.6 Å². The van der Waals surface area contributed by atoms with Gasteiger partial charge in [0.2, 0.25) is 17.8 Å². The van der Waals surface area contributed by atoms with E-state index >= 15 is 0 Å². The monoisotopic (exact) mass is 403 g/mol. The molecule has 0 saturated heterocycles. The van der Waals surface area contributed by atoms with E-state index in [1.54, 1.807) is 31.4 Å². The Balaban J connectivity index is 1.66. The lowest BCUT2D eigenvalue weighted by Gasteiger charge is -2.13. The molecule has 9 heteroatoms. The zero-order chi connectivity index (χ0) is 21.3. The molecule has 9 nitrogen and oxygen atoms in total. The SMILES string of the molecule is CC(C)Nc1ncc(-c2ccc3cc(Oc4ccnc(N)n4)ccc3n2)c(=O)n1C. The summed E-state index contributed by atoms with van der Waals surface area (Å²) >= 11 is 0. The fraction of sp³-hybridized carbons (Fsp3) is 0.190. The fourth-order valence-electron chi connectivity index (χ4n) is 2.96. The summed E-state index contributed by atoms with van der Waals surface area (Å²) in [5.41, 5.74) is 7.14. The normalized spacial score (nSPS) is 11.1. The van der Waals surface area contributed by atoms with Gasteiger partial charge in [-0.2, -0.15) is 4.98 Å². The molecule has 3 heterocycles. The molecule has 0 aliphatic heterocycles. The van der Waals surface area contributed by atoms with Gasteiger partial charge in [0.15, 0.2) is 0 Å². The van der Waals surface area contributed by atoms with Gasteiger partial charge in [0.05, 0.1) is 16.8 Å². The minimum Gasteiger partial charge on any atom is -0.439 e. The number of pyridine rings is 1. The van der Waals surface area contributed by atoms with Gasteiger partial charge in [-0.15, -0.1) is 0 Å². The molecule has 3 N–H and O–H groups in total. The number of nitrogens with one attached hydrogen (secondary N) is 1. The van der Waals surface area contributed by atoms with Gasteiger partial charge < -0.3 is 15.8 Å². The number of anilines is 2. The number of hydrogen-bond acceptors (Lipinski definition) is 8. The van der Waals surface area contributed by atoms with Crippen LogP contribution in [0, 0.1) is 0 Å². The predicted octanol–water partition coefficient (Wildman–Crippen LogP) is 2.98. The second-order valence-corrected chi connectivity index (χ2v) is 7.06. The first-order valence-electron chi connectivity index (χ1n) is 9.41. The third-order valence-corrected chi connectivity index (χ3v) is 4.39. The Labute approximate surface area is 172 Å². The number of ether oxygens (including phenoxy) is 1. The van der Waals surface area contributed by atoms with Crippen molar-refractivity contribution in [2.24, 2.45) is 7.05 Å². The number of nitrogen functional groups attached to an aromatic ring is 1. The highest BCUT2D eigenvalue weighted by Crippen LogP contribution is 2.26. The number of aromatic nitrogens is 5. The third-order valence-electron chi connectivity index (χ3n) is 4.39. The molecule has 0 aliphatic carbocycles. The van der Waals surface area contributed by atoms with E-state index in [0.29, 0.717) is 28.8 Å². The number of nitrogens with zero attached hydrogens (tertiary/aromatic N) is 5. The van der Waals surface area contributed by atoms with Crippen molar-refractivity contribution in [2.75, 3.05) is 11.1 Å². The van der Waals surface area contributed by atoms with Crippen LogP contribution in [0.15, 0.2) is 53.6 Å². The Kier molecular flexibility index (Phi) is 5.01. The van der Waals surface area contributed by atoms with Gasteiger partial charge in [-0.25, -0.2) is 15.0 Å². The van der Waals surface area contributed by atoms with E-state index in [-0.39, 0.29) is 17.5 Å². The maximum absolute atomic E-state index is 12.8. The number of rotatable bonds is 5. The molecular formula is C21H21N7O2. The van der Waals surface area contributed by atoms with Crippen molar-refractivity contribution in [1.82, 2.24) is 24.5 Å². The minimum atomic E-state index is -0.165. The van der Waals surface area contributed by atoms with E-state index in [4.69, 9.17) is 10.5 Å². The summed E-state index contributed by atoms with van der Waals surface area (Å²) in [4.78, 5) is 29.7. The maximum atomic E-state index is 12.8. The Bertz CT molecular complexity index is 1280. The molecule has 0 unspecified atom stereocenters. The van der Waals surface area contributed by atoms with E-state index in [9.17, 15) is 4.79 Å². The fourth-order valence-corrected chi connectivity index (χ4v) is 2.96. The molecule has 1 aromatic carbocycles. The quantitative estimate of drug-likeness (QED) is 0.522. The maximum Gasteiger partial charge on any atom is 0.264 e. The molecule has 4 rings (SSSR count). The Morgan fingerprint density at radius 1 is 1.10 bits per heavy atom. The topological polar surface area (TPSA) is 121 Å². The number of fused-ring (bicyclic) bond motifs is 1. The number of benzene rings is 1. The Hall–Kier alpha value is -4.01. The Morgan fingerprint density at radius 2 is 1.93 bits per heavy atom. The van der Waals surface area contributed by atoms with Gasteiger partial charge >= 0.3 is 0 Å². The zero-order valence-electron chi connectivity index (χ0n) is 16.8. The van der Waals surface area contributed by atoms with Crippen LogP contribution >= 0.6 is 0 Å². The van der Waals surface area contributed by atoms with Gasteiger partial charge in [0, 0.05) is 36.9 Å².